The van der Waals surface area contributed by atoms with Crippen LogP contribution < -0.4 is 10.5 Å². The molecule has 2 N–H and O–H groups in total. The predicted octanol–water partition coefficient (Wildman–Crippen LogP) is 2.84. The van der Waals surface area contributed by atoms with Crippen molar-refractivity contribution in [3.8, 4) is 5.75 Å². The number of halogens is 1. The van der Waals surface area contributed by atoms with Gasteiger partial charge in [-0.05, 0) is 43.5 Å². The molecule has 2 aliphatic rings. The molecule has 1 saturated carbocycles. The number of benzene rings is 1. The number of hydrogen-bond acceptors (Lipinski definition) is 4. The first-order valence-electron chi connectivity index (χ1n) is 8.38. The van der Waals surface area contributed by atoms with Crippen LogP contribution in [0.3, 0.4) is 0 Å². The Labute approximate surface area is 145 Å². The molecule has 1 aliphatic heterocycles. The van der Waals surface area contributed by atoms with Crippen molar-refractivity contribution in [1.29, 1.82) is 0 Å². The fourth-order valence-corrected chi connectivity index (χ4v) is 3.63. The van der Waals surface area contributed by atoms with E-state index in [4.69, 9.17) is 15.2 Å². The molecule has 0 radical (unpaired) electrons. The quantitative estimate of drug-likeness (QED) is 0.829. The second-order valence-corrected chi connectivity index (χ2v) is 7.01. The van der Waals surface area contributed by atoms with Crippen molar-refractivity contribution < 1.29 is 9.47 Å². The monoisotopic (exact) mass is 340 g/mol. The molecule has 1 atom stereocenters. The lowest BCUT2D eigenvalue weighted by Crippen LogP contribution is -2.46. The highest BCUT2D eigenvalue weighted by molar-refractivity contribution is 5.85. The average Bonchev–Trinajstić information content (AvgIpc) is 2.88. The molecule has 0 bridgehead atoms. The highest BCUT2D eigenvalue weighted by atomic mass is 35.5. The second-order valence-electron chi connectivity index (χ2n) is 7.01. The normalized spacial score (nSPS) is 23.1. The van der Waals surface area contributed by atoms with Crippen LogP contribution >= 0.6 is 12.4 Å². The highest BCUT2D eigenvalue weighted by Crippen LogP contribution is 2.42. The van der Waals surface area contributed by atoms with Crippen LogP contribution in [0.1, 0.15) is 31.2 Å². The molecule has 130 valence electrons. The Hall–Kier alpha value is -0.810. The Morgan fingerprint density at radius 2 is 2.17 bits per heavy atom. The molecule has 1 aromatic carbocycles. The van der Waals surface area contributed by atoms with E-state index in [0.717, 1.165) is 44.0 Å². The summed E-state index contributed by atoms with van der Waals surface area (Å²) in [5.41, 5.74) is 7.52. The van der Waals surface area contributed by atoms with E-state index in [-0.39, 0.29) is 12.4 Å². The van der Waals surface area contributed by atoms with Gasteiger partial charge in [0, 0.05) is 31.7 Å². The van der Waals surface area contributed by atoms with E-state index < -0.39 is 0 Å². The molecule has 0 amide bonds. The standard InChI is InChI=1S/C18H28N2O2.ClH/c1-21-12-15-4-2-5-17(10-15)22-14-18(7-3-8-18)13-20-9-6-16(19)11-20;/h2,4-5,10,16H,3,6-9,11-14,19H2,1H3;1H/t16-;/m1./s1. The summed E-state index contributed by atoms with van der Waals surface area (Å²) in [6.07, 6.45) is 5.01. The lowest BCUT2D eigenvalue weighted by atomic mass is 9.69. The van der Waals surface area contributed by atoms with Crippen LogP contribution in [0.4, 0.5) is 0 Å². The van der Waals surface area contributed by atoms with Crippen LogP contribution in [0.15, 0.2) is 24.3 Å². The molecule has 0 aromatic heterocycles. The lowest BCUT2D eigenvalue weighted by molar-refractivity contribution is 0.0240. The largest absolute Gasteiger partial charge is 0.493 e. The summed E-state index contributed by atoms with van der Waals surface area (Å²) in [6.45, 7) is 4.78. The Kier molecular flexibility index (Phi) is 6.72. The zero-order chi connectivity index (χ0) is 15.4. The van der Waals surface area contributed by atoms with Crippen LogP contribution in [0, 0.1) is 5.41 Å². The zero-order valence-corrected chi connectivity index (χ0v) is 14.8. The first kappa shape index (κ1) is 18.5. The fourth-order valence-electron chi connectivity index (χ4n) is 3.63. The van der Waals surface area contributed by atoms with Crippen molar-refractivity contribution in [1.82, 2.24) is 4.90 Å². The maximum atomic E-state index is 6.12. The van der Waals surface area contributed by atoms with Crippen LogP contribution in [-0.2, 0) is 11.3 Å². The van der Waals surface area contributed by atoms with Gasteiger partial charge in [-0.2, -0.15) is 0 Å². The van der Waals surface area contributed by atoms with Gasteiger partial charge in [0.25, 0.3) is 0 Å². The Morgan fingerprint density at radius 1 is 1.35 bits per heavy atom. The van der Waals surface area contributed by atoms with Crippen LogP contribution in [0.2, 0.25) is 0 Å². The minimum Gasteiger partial charge on any atom is -0.493 e. The number of likely N-dealkylation sites (tertiary alicyclic amines) is 1. The molecule has 1 heterocycles. The fraction of sp³-hybridized carbons (Fsp3) is 0.667. The van der Waals surface area contributed by atoms with E-state index >= 15 is 0 Å². The van der Waals surface area contributed by atoms with E-state index in [9.17, 15) is 0 Å². The minimum absolute atomic E-state index is 0. The number of nitrogens with two attached hydrogens (primary N) is 1. The van der Waals surface area contributed by atoms with Gasteiger partial charge in [0.15, 0.2) is 0 Å². The number of hydrogen-bond donors (Lipinski definition) is 1. The molecule has 5 heteroatoms. The average molecular weight is 341 g/mol. The smallest absolute Gasteiger partial charge is 0.119 e. The van der Waals surface area contributed by atoms with E-state index in [1.807, 2.05) is 12.1 Å². The van der Waals surface area contributed by atoms with Crippen molar-refractivity contribution in [3.05, 3.63) is 29.8 Å². The molecule has 1 aromatic rings. The molecule has 4 nitrogen and oxygen atoms in total. The van der Waals surface area contributed by atoms with Crippen molar-refractivity contribution in [2.75, 3.05) is 33.4 Å². The summed E-state index contributed by atoms with van der Waals surface area (Å²) in [6, 6.07) is 8.60. The van der Waals surface area contributed by atoms with Crippen molar-refractivity contribution in [3.63, 3.8) is 0 Å². The summed E-state index contributed by atoms with van der Waals surface area (Å²) < 4.78 is 11.3. The summed E-state index contributed by atoms with van der Waals surface area (Å²) in [7, 11) is 1.72. The molecule has 23 heavy (non-hydrogen) atoms. The van der Waals surface area contributed by atoms with Crippen LogP contribution in [-0.4, -0.2) is 44.3 Å². The third-order valence-corrected chi connectivity index (χ3v) is 5.04. The van der Waals surface area contributed by atoms with Gasteiger partial charge in [-0.3, -0.25) is 0 Å². The Balaban J connectivity index is 0.00000192. The molecular weight excluding hydrogens is 312 g/mol. The molecule has 1 aliphatic carbocycles. The van der Waals surface area contributed by atoms with Gasteiger partial charge < -0.3 is 20.1 Å². The van der Waals surface area contributed by atoms with E-state index in [2.05, 4.69) is 17.0 Å². The molecule has 0 unspecified atom stereocenters. The zero-order valence-electron chi connectivity index (χ0n) is 14.0. The van der Waals surface area contributed by atoms with Gasteiger partial charge in [-0.15, -0.1) is 12.4 Å². The van der Waals surface area contributed by atoms with Gasteiger partial charge in [-0.25, -0.2) is 0 Å². The topological polar surface area (TPSA) is 47.7 Å². The maximum Gasteiger partial charge on any atom is 0.119 e. The molecule has 1 saturated heterocycles. The van der Waals surface area contributed by atoms with E-state index in [1.54, 1.807) is 7.11 Å². The van der Waals surface area contributed by atoms with Gasteiger partial charge in [0.05, 0.1) is 13.2 Å². The van der Waals surface area contributed by atoms with E-state index in [1.165, 1.54) is 19.3 Å². The van der Waals surface area contributed by atoms with E-state index in [0.29, 0.717) is 18.1 Å². The molecule has 2 fully saturated rings. The first-order chi connectivity index (χ1) is 10.7. The molecule has 0 spiro atoms. The molecule has 3 rings (SSSR count). The first-order valence-corrected chi connectivity index (χ1v) is 8.38. The molecular formula is C18H29ClN2O2. The Bertz CT molecular complexity index is 494. The van der Waals surface area contributed by atoms with Gasteiger partial charge in [0.1, 0.15) is 5.75 Å². The highest BCUT2D eigenvalue weighted by Gasteiger charge is 2.40. The lowest BCUT2D eigenvalue weighted by Gasteiger charge is -2.44. The number of ether oxygens (including phenoxy) is 2. The minimum atomic E-state index is 0. The number of rotatable bonds is 7. The Morgan fingerprint density at radius 3 is 2.78 bits per heavy atom. The van der Waals surface area contributed by atoms with Crippen molar-refractivity contribution in [2.24, 2.45) is 11.1 Å². The maximum absolute atomic E-state index is 6.12. The predicted molar refractivity (Wildman–Crippen MR) is 95.2 cm³/mol. The van der Waals surface area contributed by atoms with Crippen molar-refractivity contribution in [2.45, 2.75) is 38.3 Å². The third kappa shape index (κ3) is 4.83. The second kappa shape index (κ2) is 8.34. The van der Waals surface area contributed by atoms with Gasteiger partial charge in [0.2, 0.25) is 0 Å². The van der Waals surface area contributed by atoms with Crippen molar-refractivity contribution >= 4 is 12.4 Å². The summed E-state index contributed by atoms with van der Waals surface area (Å²) in [4.78, 5) is 2.52. The van der Waals surface area contributed by atoms with Crippen LogP contribution in [0.5, 0.6) is 5.75 Å². The van der Waals surface area contributed by atoms with Crippen LogP contribution in [0.25, 0.3) is 0 Å². The summed E-state index contributed by atoms with van der Waals surface area (Å²) in [5.74, 6) is 0.957. The van der Waals surface area contributed by atoms with Gasteiger partial charge in [-0.1, -0.05) is 18.6 Å². The summed E-state index contributed by atoms with van der Waals surface area (Å²) >= 11 is 0. The SMILES string of the molecule is COCc1cccc(OCC2(CN3CC[C@@H](N)C3)CCC2)c1.Cl. The van der Waals surface area contributed by atoms with Gasteiger partial charge >= 0.3 is 0 Å². The summed E-state index contributed by atoms with van der Waals surface area (Å²) in [5, 5.41) is 0. The third-order valence-electron chi connectivity index (χ3n) is 5.04. The number of methoxy groups -OCH3 is 1. The number of nitrogens with zero attached hydrogens (tertiary/aromatic N) is 1.